The smallest absolute Gasteiger partial charge is 0.266 e. The van der Waals surface area contributed by atoms with Gasteiger partial charge < -0.3 is 14.6 Å². The molecule has 2 aliphatic rings. The number of fused-ring (bicyclic) bond motifs is 2. The quantitative estimate of drug-likeness (QED) is 0.235. The largest absolute Gasteiger partial charge is 0.497 e. The van der Waals surface area contributed by atoms with Gasteiger partial charge in [-0.05, 0) is 122 Å². The van der Waals surface area contributed by atoms with Gasteiger partial charge in [-0.15, -0.1) is 0 Å². The molecule has 0 aliphatic carbocycles. The number of hydrogen-bond acceptors (Lipinski definition) is 5. The Balaban J connectivity index is 1.34. The summed E-state index contributed by atoms with van der Waals surface area (Å²) in [6, 6.07) is 20.5. The van der Waals surface area contributed by atoms with E-state index in [2.05, 4.69) is 81.0 Å². The van der Waals surface area contributed by atoms with Crippen LogP contribution in [0.3, 0.4) is 0 Å². The summed E-state index contributed by atoms with van der Waals surface area (Å²) in [5.74, 6) is 1.21. The van der Waals surface area contributed by atoms with Crippen LogP contribution in [0.25, 0.3) is 17.0 Å². The highest BCUT2D eigenvalue weighted by atomic mass is 32.2. The Kier molecular flexibility index (Phi) is 7.39. The van der Waals surface area contributed by atoms with Crippen LogP contribution < -0.4 is 9.64 Å². The van der Waals surface area contributed by atoms with Crippen molar-refractivity contribution >= 4 is 51.2 Å². The predicted molar refractivity (Wildman–Crippen MR) is 176 cm³/mol. The Bertz CT molecular complexity index is 1720. The summed E-state index contributed by atoms with van der Waals surface area (Å²) in [7, 11) is 3.84. The lowest BCUT2D eigenvalue weighted by molar-refractivity contribution is -0.122. The maximum Gasteiger partial charge on any atom is 0.266 e. The van der Waals surface area contributed by atoms with E-state index < -0.39 is 0 Å². The lowest BCUT2D eigenvalue weighted by Gasteiger charge is -2.45. The monoisotopic (exact) mass is 578 g/mol. The number of aromatic nitrogens is 1. The number of anilines is 1. The highest BCUT2D eigenvalue weighted by Crippen LogP contribution is 2.44. The van der Waals surface area contributed by atoms with Crippen LogP contribution in [0.15, 0.2) is 76.8 Å². The number of amides is 1. The zero-order chi connectivity index (χ0) is 29.6. The summed E-state index contributed by atoms with van der Waals surface area (Å²) >= 11 is 1.45. The van der Waals surface area contributed by atoms with Crippen LogP contribution in [-0.2, 0) is 11.2 Å². The molecule has 1 saturated heterocycles. The van der Waals surface area contributed by atoms with Crippen molar-refractivity contribution in [2.24, 2.45) is 4.99 Å². The molecule has 7 heteroatoms. The Morgan fingerprint density at radius 3 is 2.67 bits per heavy atom. The second kappa shape index (κ2) is 11.0. The number of carbonyl (C=O) groups excluding carboxylic acids is 1. The first-order valence-corrected chi connectivity index (χ1v) is 15.3. The summed E-state index contributed by atoms with van der Waals surface area (Å²) in [5.41, 5.74) is 8.07. The molecule has 1 fully saturated rings. The lowest BCUT2D eigenvalue weighted by Crippen LogP contribution is -2.45. The molecule has 4 aromatic rings. The molecule has 1 atom stereocenters. The van der Waals surface area contributed by atoms with Crippen LogP contribution in [0.1, 0.15) is 55.4 Å². The van der Waals surface area contributed by atoms with E-state index in [1.54, 1.807) is 7.11 Å². The van der Waals surface area contributed by atoms with Gasteiger partial charge in [0.1, 0.15) is 5.75 Å². The van der Waals surface area contributed by atoms with E-state index in [-0.39, 0.29) is 11.4 Å². The van der Waals surface area contributed by atoms with Gasteiger partial charge >= 0.3 is 0 Å². The maximum atomic E-state index is 14.0. The molecule has 0 bridgehead atoms. The summed E-state index contributed by atoms with van der Waals surface area (Å²) < 4.78 is 5.32. The molecule has 0 spiro atoms. The van der Waals surface area contributed by atoms with Crippen molar-refractivity contribution in [3.8, 4) is 5.75 Å². The second-order valence-corrected chi connectivity index (χ2v) is 13.0. The van der Waals surface area contributed by atoms with E-state index in [0.29, 0.717) is 22.5 Å². The molecule has 42 heavy (non-hydrogen) atoms. The molecule has 1 unspecified atom stereocenters. The first kappa shape index (κ1) is 28.2. The zero-order valence-corrected chi connectivity index (χ0v) is 26.0. The number of H-pyrrole nitrogens is 1. The van der Waals surface area contributed by atoms with E-state index in [0.717, 1.165) is 40.9 Å². The van der Waals surface area contributed by atoms with Gasteiger partial charge in [-0.2, -0.15) is 0 Å². The van der Waals surface area contributed by atoms with Crippen LogP contribution in [0.2, 0.25) is 0 Å². The predicted octanol–water partition coefficient (Wildman–Crippen LogP) is 8.05. The van der Waals surface area contributed by atoms with Gasteiger partial charge in [0.15, 0.2) is 5.17 Å². The summed E-state index contributed by atoms with van der Waals surface area (Å²) in [5, 5.41) is 1.88. The number of aryl methyl sites for hydroxylation is 1. The molecule has 0 saturated carbocycles. The minimum atomic E-state index is -0.00414. The molecule has 2 aliphatic heterocycles. The summed E-state index contributed by atoms with van der Waals surface area (Å²) in [6.07, 6.45) is 5.92. The molecule has 6 rings (SSSR count). The van der Waals surface area contributed by atoms with Gasteiger partial charge in [-0.1, -0.05) is 25.1 Å². The van der Waals surface area contributed by atoms with E-state index in [9.17, 15) is 4.79 Å². The molecule has 216 valence electrons. The van der Waals surface area contributed by atoms with Crippen LogP contribution in [0.5, 0.6) is 5.75 Å². The summed E-state index contributed by atoms with van der Waals surface area (Å²) in [6.45, 7) is 9.60. The van der Waals surface area contributed by atoms with Gasteiger partial charge in [0, 0.05) is 41.9 Å². The van der Waals surface area contributed by atoms with E-state index in [1.807, 2.05) is 41.4 Å². The van der Waals surface area contributed by atoms with Crippen molar-refractivity contribution in [3.63, 3.8) is 0 Å². The number of thioether (sulfide) groups is 1. The minimum Gasteiger partial charge on any atom is -0.497 e. The van der Waals surface area contributed by atoms with Crippen molar-refractivity contribution in [1.29, 1.82) is 0 Å². The molecular weight excluding hydrogens is 540 g/mol. The second-order valence-electron chi connectivity index (χ2n) is 12.0. The number of aliphatic imine (C=N–C) groups is 1. The fraction of sp³-hybridized carbons (Fsp3) is 0.314. The third-order valence-corrected chi connectivity index (χ3v) is 9.78. The fourth-order valence-corrected chi connectivity index (χ4v) is 7.17. The molecule has 1 N–H and O–H groups in total. The number of para-hydroxylation sites is 1. The fourth-order valence-electron chi connectivity index (χ4n) is 6.16. The third kappa shape index (κ3) is 5.22. The molecule has 3 heterocycles. The van der Waals surface area contributed by atoms with Crippen molar-refractivity contribution in [2.75, 3.05) is 25.6 Å². The summed E-state index contributed by atoms with van der Waals surface area (Å²) in [4.78, 5) is 27.2. The van der Waals surface area contributed by atoms with Crippen LogP contribution in [-0.4, -0.2) is 47.2 Å². The van der Waals surface area contributed by atoms with Gasteiger partial charge in [-0.3, -0.25) is 9.69 Å². The molecule has 0 radical (unpaired) electrons. The van der Waals surface area contributed by atoms with E-state index in [1.165, 1.54) is 34.0 Å². The first-order chi connectivity index (χ1) is 20.1. The standard InChI is InChI=1S/C35H38N4O2S/c1-22-17-31-29(23(2)20-35(3,4)38(31)5)18-25(22)19-32-33(40)39(16-15-24-21-36-30-10-8-7-9-28(24)30)34(42-32)37-26-11-13-27(41-6)14-12-26/h7-14,17-19,21,23,36H,15-16,20H2,1-6H3/b32-19+,37-34?. The number of amidine groups is 1. The van der Waals surface area contributed by atoms with Crippen molar-refractivity contribution in [2.45, 2.75) is 52.0 Å². The van der Waals surface area contributed by atoms with Gasteiger partial charge in [-0.25, -0.2) is 4.99 Å². The number of ether oxygens (including phenoxy) is 1. The number of methoxy groups -OCH3 is 1. The molecule has 3 aromatic carbocycles. The maximum absolute atomic E-state index is 14.0. The minimum absolute atomic E-state index is 0.00414. The Morgan fingerprint density at radius 2 is 1.90 bits per heavy atom. The number of nitrogens with zero attached hydrogens (tertiary/aromatic N) is 3. The number of nitrogens with one attached hydrogen (secondary N) is 1. The van der Waals surface area contributed by atoms with Gasteiger partial charge in [0.25, 0.3) is 5.91 Å². The van der Waals surface area contributed by atoms with Gasteiger partial charge in [0.2, 0.25) is 0 Å². The highest BCUT2D eigenvalue weighted by Gasteiger charge is 2.36. The SMILES string of the molecule is COc1ccc(N=C2S/C(=C/c3cc4c(cc3C)N(C)C(C)(C)CC4C)C(=O)N2CCc2c[nH]c3ccccc23)cc1. The number of carbonyl (C=O) groups is 1. The average molecular weight is 579 g/mol. The number of benzene rings is 3. The Morgan fingerprint density at radius 1 is 1.14 bits per heavy atom. The normalized spacial score (nSPS) is 20.1. The number of aromatic amines is 1. The van der Waals surface area contributed by atoms with Crippen molar-refractivity contribution in [1.82, 2.24) is 9.88 Å². The highest BCUT2D eigenvalue weighted by molar-refractivity contribution is 8.18. The lowest BCUT2D eigenvalue weighted by atomic mass is 9.79. The molecule has 1 amide bonds. The van der Waals surface area contributed by atoms with E-state index >= 15 is 0 Å². The van der Waals surface area contributed by atoms with Gasteiger partial charge in [0.05, 0.1) is 17.7 Å². The first-order valence-electron chi connectivity index (χ1n) is 14.5. The Labute approximate surface area is 252 Å². The average Bonchev–Trinajstić information content (AvgIpc) is 3.51. The van der Waals surface area contributed by atoms with Crippen LogP contribution >= 0.6 is 11.8 Å². The van der Waals surface area contributed by atoms with Crippen LogP contribution in [0, 0.1) is 6.92 Å². The number of hydrogen-bond donors (Lipinski definition) is 1. The zero-order valence-electron chi connectivity index (χ0n) is 25.2. The topological polar surface area (TPSA) is 60.9 Å². The number of rotatable bonds is 6. The molecule has 1 aromatic heterocycles. The van der Waals surface area contributed by atoms with Crippen LogP contribution in [0.4, 0.5) is 11.4 Å². The Hall–Kier alpha value is -3.97. The van der Waals surface area contributed by atoms with Crippen molar-refractivity contribution < 1.29 is 9.53 Å². The molecule has 6 nitrogen and oxygen atoms in total. The van der Waals surface area contributed by atoms with Crippen molar-refractivity contribution in [3.05, 3.63) is 94.0 Å². The van der Waals surface area contributed by atoms with E-state index in [4.69, 9.17) is 9.73 Å². The molecular formula is C35H38N4O2S. The third-order valence-electron chi connectivity index (χ3n) is 8.77.